The van der Waals surface area contributed by atoms with E-state index in [4.69, 9.17) is 0 Å². The summed E-state index contributed by atoms with van der Waals surface area (Å²) in [5.74, 6) is 0. The fraction of sp³-hybridized carbons (Fsp3) is 0.273. The molecule has 1 aromatic carbocycles. The van der Waals surface area contributed by atoms with E-state index in [1.165, 1.54) is 18.2 Å². The van der Waals surface area contributed by atoms with Crippen molar-refractivity contribution in [2.24, 2.45) is 0 Å². The van der Waals surface area contributed by atoms with Crippen molar-refractivity contribution in [3.63, 3.8) is 0 Å². The summed E-state index contributed by atoms with van der Waals surface area (Å²) in [6, 6.07) is 5.55. The molecule has 0 spiro atoms. The second-order valence-corrected chi connectivity index (χ2v) is 3.77. The largest absolute Gasteiger partial charge is 0.416 e. The predicted molar refractivity (Wildman–Crippen MR) is 58.9 cm³/mol. The molecule has 0 saturated heterocycles. The van der Waals surface area contributed by atoms with Gasteiger partial charge in [-0.05, 0) is 18.6 Å². The molecule has 0 heterocycles. The molecule has 0 saturated carbocycles. The van der Waals surface area contributed by atoms with Crippen molar-refractivity contribution in [1.29, 1.82) is 0 Å². The Morgan fingerprint density at radius 3 is 2.47 bits per heavy atom. The smallest absolute Gasteiger partial charge is 0.166 e. The van der Waals surface area contributed by atoms with E-state index in [1.807, 2.05) is 0 Å². The number of alkyl halides is 4. The first kappa shape index (κ1) is 12.3. The molecule has 0 aliphatic carbocycles. The van der Waals surface area contributed by atoms with Gasteiger partial charge in [-0.15, -0.1) is 0 Å². The van der Waals surface area contributed by atoms with Crippen molar-refractivity contribution in [3.8, 4) is 0 Å². The zero-order valence-corrected chi connectivity index (χ0v) is 9.69. The molecule has 0 fully saturated rings. The van der Waals surface area contributed by atoms with Crippen molar-refractivity contribution in [2.45, 2.75) is 13.1 Å². The van der Waals surface area contributed by atoms with Gasteiger partial charge in [-0.3, -0.25) is 0 Å². The maximum absolute atomic E-state index is 12.6. The zero-order valence-electron chi connectivity index (χ0n) is 8.11. The van der Waals surface area contributed by atoms with Crippen LogP contribution >= 0.6 is 15.9 Å². The molecular weight excluding hydrogens is 269 g/mol. The lowest BCUT2D eigenvalue weighted by molar-refractivity contribution is -0.137. The SMILES string of the molecule is CC(=Cc1ccccc1C(F)(F)F)CBr. The maximum atomic E-state index is 12.6. The number of allylic oxidation sites excluding steroid dienone is 1. The van der Waals surface area contributed by atoms with Gasteiger partial charge in [0.2, 0.25) is 0 Å². The molecule has 0 bridgehead atoms. The Kier molecular flexibility index (Phi) is 3.97. The Labute approximate surface area is 94.9 Å². The van der Waals surface area contributed by atoms with Gasteiger partial charge in [0.15, 0.2) is 0 Å². The Bertz CT molecular complexity index is 366. The van der Waals surface area contributed by atoms with E-state index >= 15 is 0 Å². The van der Waals surface area contributed by atoms with E-state index in [2.05, 4.69) is 15.9 Å². The summed E-state index contributed by atoms with van der Waals surface area (Å²) >= 11 is 3.20. The number of hydrogen-bond acceptors (Lipinski definition) is 0. The topological polar surface area (TPSA) is 0 Å². The second-order valence-electron chi connectivity index (χ2n) is 3.21. The zero-order chi connectivity index (χ0) is 11.5. The molecule has 82 valence electrons. The van der Waals surface area contributed by atoms with Gasteiger partial charge in [-0.25, -0.2) is 0 Å². The lowest BCUT2D eigenvalue weighted by atomic mass is 10.1. The van der Waals surface area contributed by atoms with E-state index in [0.717, 1.165) is 11.6 Å². The van der Waals surface area contributed by atoms with Crippen LogP contribution in [0.4, 0.5) is 13.2 Å². The van der Waals surface area contributed by atoms with Crippen molar-refractivity contribution in [1.82, 2.24) is 0 Å². The minimum atomic E-state index is -4.29. The normalized spacial score (nSPS) is 13.0. The van der Waals surface area contributed by atoms with E-state index < -0.39 is 11.7 Å². The van der Waals surface area contributed by atoms with Gasteiger partial charge >= 0.3 is 6.18 Å². The van der Waals surface area contributed by atoms with Crippen LogP contribution in [-0.2, 0) is 6.18 Å². The van der Waals surface area contributed by atoms with Gasteiger partial charge in [0.1, 0.15) is 0 Å². The molecule has 0 aliphatic rings. The Morgan fingerprint density at radius 1 is 1.33 bits per heavy atom. The molecule has 1 rings (SSSR count). The monoisotopic (exact) mass is 278 g/mol. The third kappa shape index (κ3) is 3.38. The van der Waals surface area contributed by atoms with E-state index in [1.54, 1.807) is 13.0 Å². The molecule has 1 aromatic rings. The summed E-state index contributed by atoms with van der Waals surface area (Å²) in [6.45, 7) is 1.78. The summed E-state index contributed by atoms with van der Waals surface area (Å²) in [6.07, 6.45) is -2.75. The van der Waals surface area contributed by atoms with Gasteiger partial charge in [0, 0.05) is 5.33 Å². The highest BCUT2D eigenvalue weighted by Crippen LogP contribution is 2.32. The minimum Gasteiger partial charge on any atom is -0.166 e. The van der Waals surface area contributed by atoms with Gasteiger partial charge < -0.3 is 0 Å². The van der Waals surface area contributed by atoms with Crippen molar-refractivity contribution < 1.29 is 13.2 Å². The van der Waals surface area contributed by atoms with Crippen LogP contribution in [-0.4, -0.2) is 5.33 Å². The molecule has 0 aromatic heterocycles. The Balaban J connectivity index is 3.19. The Morgan fingerprint density at radius 2 is 1.93 bits per heavy atom. The quantitative estimate of drug-likeness (QED) is 0.699. The fourth-order valence-electron chi connectivity index (χ4n) is 1.19. The van der Waals surface area contributed by atoms with Gasteiger partial charge in [-0.2, -0.15) is 13.2 Å². The van der Waals surface area contributed by atoms with E-state index in [0.29, 0.717) is 5.33 Å². The molecule has 0 N–H and O–H groups in total. The van der Waals surface area contributed by atoms with Crippen LogP contribution < -0.4 is 0 Å². The lowest BCUT2D eigenvalue weighted by Crippen LogP contribution is -2.07. The molecule has 0 atom stereocenters. The van der Waals surface area contributed by atoms with Crippen LogP contribution in [0.3, 0.4) is 0 Å². The highest BCUT2D eigenvalue weighted by Gasteiger charge is 2.32. The second kappa shape index (κ2) is 4.84. The maximum Gasteiger partial charge on any atom is 0.416 e. The van der Waals surface area contributed by atoms with Crippen LogP contribution in [0.2, 0.25) is 0 Å². The molecule has 0 nitrogen and oxygen atoms in total. The van der Waals surface area contributed by atoms with Gasteiger partial charge in [0.05, 0.1) is 5.56 Å². The third-order valence-corrected chi connectivity index (χ3v) is 2.76. The first-order valence-corrected chi connectivity index (χ1v) is 5.46. The summed E-state index contributed by atoms with van der Waals surface area (Å²) in [7, 11) is 0. The number of hydrogen-bond donors (Lipinski definition) is 0. The number of rotatable bonds is 2. The predicted octanol–water partition coefficient (Wildman–Crippen LogP) is 4.50. The average molecular weight is 279 g/mol. The number of benzene rings is 1. The molecule has 15 heavy (non-hydrogen) atoms. The summed E-state index contributed by atoms with van der Waals surface area (Å²) in [5, 5.41) is 0.569. The average Bonchev–Trinajstić information content (AvgIpc) is 2.17. The first-order chi connectivity index (χ1) is 6.95. The van der Waals surface area contributed by atoms with Crippen molar-refractivity contribution in [3.05, 3.63) is 41.0 Å². The van der Waals surface area contributed by atoms with Crippen LogP contribution in [0.25, 0.3) is 6.08 Å². The van der Waals surface area contributed by atoms with Gasteiger partial charge in [0.25, 0.3) is 0 Å². The molecule has 0 aliphatic heterocycles. The fourth-order valence-corrected chi connectivity index (χ4v) is 1.35. The summed E-state index contributed by atoms with van der Waals surface area (Å²) in [4.78, 5) is 0. The van der Waals surface area contributed by atoms with E-state index in [-0.39, 0.29) is 5.56 Å². The first-order valence-electron chi connectivity index (χ1n) is 4.34. The van der Waals surface area contributed by atoms with Gasteiger partial charge in [-0.1, -0.05) is 45.8 Å². The highest BCUT2D eigenvalue weighted by atomic mass is 79.9. The summed E-state index contributed by atoms with van der Waals surface area (Å²) < 4.78 is 37.7. The minimum absolute atomic E-state index is 0.210. The molecular formula is C11H10BrF3. The molecule has 0 radical (unpaired) electrons. The molecule has 0 amide bonds. The van der Waals surface area contributed by atoms with Crippen LogP contribution in [0.5, 0.6) is 0 Å². The number of halogens is 4. The lowest BCUT2D eigenvalue weighted by Gasteiger charge is -2.10. The van der Waals surface area contributed by atoms with E-state index in [9.17, 15) is 13.2 Å². The third-order valence-electron chi connectivity index (χ3n) is 1.88. The van der Waals surface area contributed by atoms with Crippen LogP contribution in [0, 0.1) is 0 Å². The Hall–Kier alpha value is -0.770. The summed E-state index contributed by atoms with van der Waals surface area (Å²) in [5.41, 5.74) is 0.471. The van der Waals surface area contributed by atoms with Crippen LogP contribution in [0.15, 0.2) is 29.8 Å². The molecule has 0 unspecified atom stereocenters. The highest BCUT2D eigenvalue weighted by molar-refractivity contribution is 9.09. The molecule has 4 heteroatoms. The van der Waals surface area contributed by atoms with Crippen molar-refractivity contribution in [2.75, 3.05) is 5.33 Å². The van der Waals surface area contributed by atoms with Crippen molar-refractivity contribution >= 4 is 22.0 Å². The standard InChI is InChI=1S/C11H10BrF3/c1-8(7-12)6-9-4-2-3-5-10(9)11(13,14)15/h2-6H,7H2,1H3. The van der Waals surface area contributed by atoms with Crippen LogP contribution in [0.1, 0.15) is 18.1 Å².